The van der Waals surface area contributed by atoms with E-state index in [-0.39, 0.29) is 24.2 Å². The summed E-state index contributed by atoms with van der Waals surface area (Å²) < 4.78 is 7.19. The topological polar surface area (TPSA) is 80.6 Å². The molecule has 2 fully saturated rings. The van der Waals surface area contributed by atoms with Crippen molar-refractivity contribution in [3.05, 3.63) is 23.0 Å². The van der Waals surface area contributed by atoms with Crippen LogP contribution in [0.3, 0.4) is 0 Å². The predicted molar refractivity (Wildman–Crippen MR) is 105 cm³/mol. The van der Waals surface area contributed by atoms with Crippen molar-refractivity contribution in [2.45, 2.75) is 65.0 Å². The van der Waals surface area contributed by atoms with Gasteiger partial charge in [-0.25, -0.2) is 4.79 Å². The first-order valence-electron chi connectivity index (χ1n) is 10.1. The van der Waals surface area contributed by atoms with Crippen molar-refractivity contribution in [1.82, 2.24) is 14.8 Å². The van der Waals surface area contributed by atoms with Gasteiger partial charge in [-0.1, -0.05) is 19.8 Å². The third kappa shape index (κ3) is 3.48. The summed E-state index contributed by atoms with van der Waals surface area (Å²) in [5, 5.41) is 2.91. The molecule has 2 aliphatic rings. The summed E-state index contributed by atoms with van der Waals surface area (Å²) in [5.41, 5.74) is 1.61. The molecular weight excluding hydrogens is 358 g/mol. The van der Waals surface area contributed by atoms with Crippen LogP contribution in [0.25, 0.3) is 0 Å². The molecule has 7 nitrogen and oxygen atoms in total. The number of urea groups is 1. The maximum absolute atomic E-state index is 13.1. The first-order chi connectivity index (χ1) is 13.3. The van der Waals surface area contributed by atoms with Crippen LogP contribution >= 0.6 is 0 Å². The number of rotatable bonds is 7. The molecule has 0 radical (unpaired) electrons. The number of carbonyl (C=O) groups is 3. The van der Waals surface area contributed by atoms with E-state index in [1.54, 1.807) is 7.11 Å². The van der Waals surface area contributed by atoms with E-state index in [1.807, 2.05) is 26.8 Å². The van der Waals surface area contributed by atoms with Crippen molar-refractivity contribution in [2.75, 3.05) is 20.3 Å². The molecule has 2 atom stereocenters. The fourth-order valence-electron chi connectivity index (χ4n) is 4.66. The van der Waals surface area contributed by atoms with E-state index in [1.165, 1.54) is 0 Å². The zero-order valence-electron chi connectivity index (χ0n) is 17.3. The minimum atomic E-state index is -0.827. The lowest BCUT2D eigenvalue weighted by Crippen LogP contribution is -2.54. The van der Waals surface area contributed by atoms with Gasteiger partial charge in [-0.15, -0.1) is 0 Å². The number of hydrogen-bond acceptors (Lipinski definition) is 4. The minimum absolute atomic E-state index is 0.0867. The maximum atomic E-state index is 13.1. The normalized spacial score (nSPS) is 24.9. The molecule has 0 bridgehead atoms. The van der Waals surface area contributed by atoms with Gasteiger partial charge in [-0.05, 0) is 45.1 Å². The Labute approximate surface area is 166 Å². The quantitative estimate of drug-likeness (QED) is 0.442. The number of aromatic nitrogens is 1. The van der Waals surface area contributed by atoms with Crippen LogP contribution in [-0.4, -0.2) is 53.0 Å². The number of methoxy groups -OCH3 is 1. The fraction of sp³-hybridized carbons (Fsp3) is 0.667. The Morgan fingerprint density at radius 2 is 2.07 bits per heavy atom. The molecule has 1 aliphatic carbocycles. The lowest BCUT2D eigenvalue weighted by molar-refractivity contribution is -0.133. The van der Waals surface area contributed by atoms with E-state index in [2.05, 4.69) is 9.88 Å². The van der Waals surface area contributed by atoms with Crippen molar-refractivity contribution in [1.29, 1.82) is 0 Å². The Balaban J connectivity index is 1.75. The van der Waals surface area contributed by atoms with E-state index < -0.39 is 11.6 Å². The Bertz CT molecular complexity index is 785. The maximum Gasteiger partial charge on any atom is 0.325 e. The number of hydrogen-bond donors (Lipinski definition) is 1. The van der Waals surface area contributed by atoms with Gasteiger partial charge in [0.1, 0.15) is 5.54 Å². The van der Waals surface area contributed by atoms with Gasteiger partial charge < -0.3 is 14.6 Å². The molecular formula is C21H31N3O4. The Hall–Kier alpha value is -2.15. The fourth-order valence-corrected chi connectivity index (χ4v) is 4.66. The van der Waals surface area contributed by atoms with Crippen molar-refractivity contribution >= 4 is 17.7 Å². The molecule has 2 heterocycles. The van der Waals surface area contributed by atoms with Crippen molar-refractivity contribution in [3.63, 3.8) is 0 Å². The van der Waals surface area contributed by atoms with Crippen molar-refractivity contribution < 1.29 is 19.1 Å². The molecule has 1 saturated carbocycles. The largest absolute Gasteiger partial charge is 0.385 e. The summed E-state index contributed by atoms with van der Waals surface area (Å²) in [6.07, 6.45) is 4.41. The van der Waals surface area contributed by atoms with E-state index in [9.17, 15) is 14.4 Å². The molecule has 3 amide bonds. The molecule has 154 valence electrons. The van der Waals surface area contributed by atoms with Crippen LogP contribution in [0.15, 0.2) is 6.07 Å². The molecule has 7 heteroatoms. The van der Waals surface area contributed by atoms with Gasteiger partial charge in [0.15, 0.2) is 5.78 Å². The molecule has 1 saturated heterocycles. The van der Waals surface area contributed by atoms with Gasteiger partial charge in [0.25, 0.3) is 5.91 Å². The van der Waals surface area contributed by atoms with Gasteiger partial charge in [0.2, 0.25) is 0 Å². The average Bonchev–Trinajstić information content (AvgIpc) is 3.07. The summed E-state index contributed by atoms with van der Waals surface area (Å²) >= 11 is 0. The van der Waals surface area contributed by atoms with Crippen molar-refractivity contribution in [2.24, 2.45) is 5.92 Å². The average molecular weight is 389 g/mol. The zero-order valence-corrected chi connectivity index (χ0v) is 17.3. The highest BCUT2D eigenvalue weighted by Gasteiger charge is 2.55. The van der Waals surface area contributed by atoms with Crippen LogP contribution in [0.4, 0.5) is 4.79 Å². The summed E-state index contributed by atoms with van der Waals surface area (Å²) in [4.78, 5) is 39.7. The molecule has 1 spiro atoms. The van der Waals surface area contributed by atoms with E-state index in [0.717, 1.165) is 48.5 Å². The first-order valence-corrected chi connectivity index (χ1v) is 10.1. The summed E-state index contributed by atoms with van der Waals surface area (Å²) in [6, 6.07) is 1.41. The summed E-state index contributed by atoms with van der Waals surface area (Å²) in [5.74, 6) is -0.356. The molecule has 1 aromatic heterocycles. The van der Waals surface area contributed by atoms with Gasteiger partial charge in [0, 0.05) is 37.2 Å². The van der Waals surface area contributed by atoms with Gasteiger partial charge in [-0.3, -0.25) is 14.5 Å². The molecule has 28 heavy (non-hydrogen) atoms. The highest BCUT2D eigenvalue weighted by Crippen LogP contribution is 2.38. The highest BCUT2D eigenvalue weighted by molar-refractivity contribution is 6.11. The molecule has 1 aliphatic heterocycles. The minimum Gasteiger partial charge on any atom is -0.385 e. The SMILES string of the molecule is COCCCn1c(C)cc(C(=O)CN2C(=O)N[C@@]3(CCCC[C@H]3C)C2=O)c1C. The predicted octanol–water partition coefficient (Wildman–Crippen LogP) is 2.82. The Morgan fingerprint density at radius 3 is 2.75 bits per heavy atom. The van der Waals surface area contributed by atoms with Crippen molar-refractivity contribution in [3.8, 4) is 0 Å². The third-order valence-corrected chi connectivity index (χ3v) is 6.41. The molecule has 1 aromatic rings. The molecule has 1 N–H and O–H groups in total. The third-order valence-electron chi connectivity index (χ3n) is 6.41. The van der Waals surface area contributed by atoms with Crippen LogP contribution in [0.5, 0.6) is 0 Å². The number of Topliss-reactive ketones (excluding diaryl/α,β-unsaturated/α-hetero) is 1. The lowest BCUT2D eigenvalue weighted by Gasteiger charge is -2.36. The summed E-state index contributed by atoms with van der Waals surface area (Å²) in [6.45, 7) is 7.09. The summed E-state index contributed by atoms with van der Waals surface area (Å²) in [7, 11) is 1.67. The van der Waals surface area contributed by atoms with Gasteiger partial charge in [0.05, 0.1) is 6.54 Å². The lowest BCUT2D eigenvalue weighted by atomic mass is 9.73. The van der Waals surface area contributed by atoms with Crippen LogP contribution in [0.1, 0.15) is 60.8 Å². The number of nitrogens with one attached hydrogen (secondary N) is 1. The second-order valence-corrected chi connectivity index (χ2v) is 8.15. The second kappa shape index (κ2) is 8.07. The number of amides is 3. The number of aryl methyl sites for hydroxylation is 1. The molecule has 0 aromatic carbocycles. The second-order valence-electron chi connectivity index (χ2n) is 8.15. The van der Waals surface area contributed by atoms with E-state index >= 15 is 0 Å². The first kappa shape index (κ1) is 20.6. The van der Waals surface area contributed by atoms with Crippen LogP contribution in [0, 0.1) is 19.8 Å². The Kier molecular flexibility index (Phi) is 5.93. The van der Waals surface area contributed by atoms with Crippen LogP contribution < -0.4 is 5.32 Å². The van der Waals surface area contributed by atoms with Crippen LogP contribution in [-0.2, 0) is 16.1 Å². The zero-order chi connectivity index (χ0) is 20.5. The standard InChI is InChI=1S/C21H31N3O4/c1-14-8-5-6-9-21(14)19(26)24(20(27)22-21)13-18(25)17-12-15(2)23(16(17)3)10-7-11-28-4/h12,14H,5-11,13H2,1-4H3,(H,22,27)/t14-,21-/m1/s1. The van der Waals surface area contributed by atoms with E-state index in [0.29, 0.717) is 18.6 Å². The van der Waals surface area contributed by atoms with E-state index in [4.69, 9.17) is 4.74 Å². The number of ketones is 1. The number of ether oxygens (including phenoxy) is 1. The smallest absolute Gasteiger partial charge is 0.325 e. The van der Waals surface area contributed by atoms with Crippen LogP contribution in [0.2, 0.25) is 0 Å². The van der Waals surface area contributed by atoms with Gasteiger partial charge >= 0.3 is 6.03 Å². The molecule has 0 unspecified atom stereocenters. The number of carbonyl (C=O) groups excluding carboxylic acids is 3. The Morgan fingerprint density at radius 1 is 1.32 bits per heavy atom. The highest BCUT2D eigenvalue weighted by atomic mass is 16.5. The van der Waals surface area contributed by atoms with Gasteiger partial charge in [-0.2, -0.15) is 0 Å². The monoisotopic (exact) mass is 389 g/mol. The molecule has 3 rings (SSSR count). The number of nitrogens with zero attached hydrogens (tertiary/aromatic N) is 2. The number of imide groups is 1.